The molecular weight excluding hydrogens is 352 g/mol. The Morgan fingerprint density at radius 3 is 2.57 bits per heavy atom. The fraction of sp³-hybridized carbons (Fsp3) is 0.250. The van der Waals surface area contributed by atoms with E-state index in [1.807, 2.05) is 55.4 Å². The van der Waals surface area contributed by atoms with Crippen molar-refractivity contribution in [3.05, 3.63) is 51.5 Å². The van der Waals surface area contributed by atoms with E-state index in [-0.39, 0.29) is 0 Å². The van der Waals surface area contributed by atoms with Crippen LogP contribution in [0.4, 0.5) is 11.4 Å². The number of halogens is 2. The average Bonchev–Trinajstić information content (AvgIpc) is 2.45. The van der Waals surface area contributed by atoms with E-state index in [0.717, 1.165) is 32.2 Å². The number of anilines is 2. The van der Waals surface area contributed by atoms with Crippen molar-refractivity contribution in [2.45, 2.75) is 6.54 Å². The van der Waals surface area contributed by atoms with Gasteiger partial charge in [-0.15, -0.1) is 0 Å². The van der Waals surface area contributed by atoms with Gasteiger partial charge in [0.1, 0.15) is 5.75 Å². The third-order valence-corrected chi connectivity index (χ3v) is 3.95. The number of rotatable bonds is 5. The minimum atomic E-state index is 0.667. The van der Waals surface area contributed by atoms with Crippen molar-refractivity contribution in [3.8, 4) is 5.75 Å². The van der Waals surface area contributed by atoms with E-state index >= 15 is 0 Å². The Labute approximate surface area is 139 Å². The van der Waals surface area contributed by atoms with Gasteiger partial charge in [-0.25, -0.2) is 0 Å². The molecule has 0 aliphatic heterocycles. The van der Waals surface area contributed by atoms with E-state index in [2.05, 4.69) is 21.2 Å². The van der Waals surface area contributed by atoms with Gasteiger partial charge in [0.25, 0.3) is 0 Å². The van der Waals surface area contributed by atoms with E-state index in [0.29, 0.717) is 6.54 Å². The molecule has 0 heterocycles. The van der Waals surface area contributed by atoms with Crippen molar-refractivity contribution in [1.29, 1.82) is 0 Å². The molecule has 2 aromatic rings. The predicted molar refractivity (Wildman–Crippen MR) is 93.8 cm³/mol. The highest BCUT2D eigenvalue weighted by atomic mass is 79.9. The molecule has 0 aromatic heterocycles. The molecule has 0 radical (unpaired) electrons. The minimum absolute atomic E-state index is 0.667. The van der Waals surface area contributed by atoms with Gasteiger partial charge in [0, 0.05) is 36.4 Å². The Bertz CT molecular complexity index is 632. The number of hydrogen-bond donors (Lipinski definition) is 1. The molecule has 0 saturated heterocycles. The zero-order chi connectivity index (χ0) is 15.4. The molecular formula is C16H18BrClN2O. The van der Waals surface area contributed by atoms with Crippen molar-refractivity contribution in [3.63, 3.8) is 0 Å². The summed E-state index contributed by atoms with van der Waals surface area (Å²) in [5.41, 5.74) is 3.06. The summed E-state index contributed by atoms with van der Waals surface area (Å²) in [5.74, 6) is 0.863. The van der Waals surface area contributed by atoms with Crippen LogP contribution in [-0.4, -0.2) is 21.2 Å². The number of nitrogens with zero attached hydrogens (tertiary/aromatic N) is 1. The van der Waals surface area contributed by atoms with Gasteiger partial charge in [0.05, 0.1) is 17.8 Å². The summed E-state index contributed by atoms with van der Waals surface area (Å²) in [6.45, 7) is 0.667. The van der Waals surface area contributed by atoms with Crippen molar-refractivity contribution in [2.24, 2.45) is 0 Å². The molecule has 0 saturated carbocycles. The lowest BCUT2D eigenvalue weighted by Crippen LogP contribution is -2.09. The molecule has 0 bridgehead atoms. The van der Waals surface area contributed by atoms with Crippen molar-refractivity contribution in [2.75, 3.05) is 31.4 Å². The zero-order valence-electron chi connectivity index (χ0n) is 12.3. The van der Waals surface area contributed by atoms with Gasteiger partial charge in [-0.2, -0.15) is 0 Å². The molecule has 0 aliphatic rings. The van der Waals surface area contributed by atoms with E-state index in [9.17, 15) is 0 Å². The van der Waals surface area contributed by atoms with Gasteiger partial charge in [-0.1, -0.05) is 27.5 Å². The molecule has 2 rings (SSSR count). The maximum atomic E-state index is 6.28. The van der Waals surface area contributed by atoms with Gasteiger partial charge < -0.3 is 15.0 Å². The van der Waals surface area contributed by atoms with Crippen LogP contribution in [0, 0.1) is 0 Å². The third kappa shape index (κ3) is 4.05. The Morgan fingerprint density at radius 2 is 1.95 bits per heavy atom. The highest BCUT2D eigenvalue weighted by Gasteiger charge is 2.06. The predicted octanol–water partition coefficient (Wildman–Crippen LogP) is 4.79. The lowest BCUT2D eigenvalue weighted by Gasteiger charge is -2.16. The van der Waals surface area contributed by atoms with Crippen molar-refractivity contribution < 1.29 is 4.74 Å². The summed E-state index contributed by atoms with van der Waals surface area (Å²) >= 11 is 9.75. The highest BCUT2D eigenvalue weighted by Crippen LogP contribution is 2.28. The Kier molecular flexibility index (Phi) is 5.37. The second kappa shape index (κ2) is 7.05. The molecule has 0 atom stereocenters. The number of hydrogen-bond acceptors (Lipinski definition) is 3. The Morgan fingerprint density at radius 1 is 1.19 bits per heavy atom. The van der Waals surface area contributed by atoms with E-state index < -0.39 is 0 Å². The summed E-state index contributed by atoms with van der Waals surface area (Å²) in [6, 6.07) is 11.9. The van der Waals surface area contributed by atoms with E-state index in [1.54, 1.807) is 7.11 Å². The molecule has 0 fully saturated rings. The highest BCUT2D eigenvalue weighted by molar-refractivity contribution is 9.10. The molecule has 112 valence electrons. The molecule has 21 heavy (non-hydrogen) atoms. The fourth-order valence-corrected chi connectivity index (χ4v) is 2.82. The molecule has 0 spiro atoms. The number of nitrogens with one attached hydrogen (secondary N) is 1. The summed E-state index contributed by atoms with van der Waals surface area (Å²) in [4.78, 5) is 1.99. The van der Waals surface area contributed by atoms with Crippen LogP contribution in [0.15, 0.2) is 40.9 Å². The molecule has 0 unspecified atom stereocenters. The van der Waals surface area contributed by atoms with Crippen LogP contribution < -0.4 is 15.0 Å². The maximum Gasteiger partial charge on any atom is 0.123 e. The lowest BCUT2D eigenvalue weighted by molar-refractivity contribution is 0.410. The summed E-state index contributed by atoms with van der Waals surface area (Å²) in [7, 11) is 5.62. The second-order valence-electron chi connectivity index (χ2n) is 4.87. The first-order chi connectivity index (χ1) is 10.0. The van der Waals surface area contributed by atoms with Crippen LogP contribution >= 0.6 is 27.5 Å². The van der Waals surface area contributed by atoms with Crippen LogP contribution in [0.3, 0.4) is 0 Å². The van der Waals surface area contributed by atoms with Crippen molar-refractivity contribution in [1.82, 2.24) is 0 Å². The number of methoxy groups -OCH3 is 1. The van der Waals surface area contributed by atoms with Crippen LogP contribution in [0.2, 0.25) is 5.02 Å². The van der Waals surface area contributed by atoms with Crippen molar-refractivity contribution >= 4 is 38.9 Å². The summed E-state index contributed by atoms with van der Waals surface area (Å²) in [5, 5.41) is 4.09. The van der Waals surface area contributed by atoms with Gasteiger partial charge in [0.15, 0.2) is 0 Å². The second-order valence-corrected chi connectivity index (χ2v) is 6.19. The molecule has 5 heteroatoms. The van der Waals surface area contributed by atoms with Gasteiger partial charge in [-0.3, -0.25) is 0 Å². The quantitative estimate of drug-likeness (QED) is 0.820. The molecule has 1 N–H and O–H groups in total. The minimum Gasteiger partial charge on any atom is -0.496 e. The summed E-state index contributed by atoms with van der Waals surface area (Å²) in [6.07, 6.45) is 0. The third-order valence-electron chi connectivity index (χ3n) is 3.15. The lowest BCUT2D eigenvalue weighted by atomic mass is 10.2. The van der Waals surface area contributed by atoms with Gasteiger partial charge in [0.2, 0.25) is 0 Å². The standard InChI is InChI=1S/C16H18BrClN2O/c1-20(2)15-6-5-13(9-14(15)18)19-10-11-8-12(17)4-7-16(11)21-3/h4-9,19H,10H2,1-3H3. The van der Waals surface area contributed by atoms with Crippen LogP contribution in [0.5, 0.6) is 5.75 Å². The molecule has 0 aliphatic carbocycles. The van der Waals surface area contributed by atoms with Crippen LogP contribution in [0.25, 0.3) is 0 Å². The largest absolute Gasteiger partial charge is 0.496 e. The topological polar surface area (TPSA) is 24.5 Å². The first-order valence-electron chi connectivity index (χ1n) is 6.54. The fourth-order valence-electron chi connectivity index (χ4n) is 2.06. The zero-order valence-corrected chi connectivity index (χ0v) is 14.6. The monoisotopic (exact) mass is 368 g/mol. The molecule has 0 amide bonds. The summed E-state index contributed by atoms with van der Waals surface area (Å²) < 4.78 is 6.40. The maximum absolute atomic E-state index is 6.28. The Balaban J connectivity index is 2.13. The number of benzene rings is 2. The first kappa shape index (κ1) is 16.0. The van der Waals surface area contributed by atoms with Gasteiger partial charge >= 0.3 is 0 Å². The molecule has 2 aromatic carbocycles. The van der Waals surface area contributed by atoms with Crippen LogP contribution in [0.1, 0.15) is 5.56 Å². The smallest absolute Gasteiger partial charge is 0.123 e. The van der Waals surface area contributed by atoms with E-state index in [1.165, 1.54) is 0 Å². The SMILES string of the molecule is COc1ccc(Br)cc1CNc1ccc(N(C)C)c(Cl)c1. The van der Waals surface area contributed by atoms with E-state index in [4.69, 9.17) is 16.3 Å². The van der Waals surface area contributed by atoms with Crippen LogP contribution in [-0.2, 0) is 6.54 Å². The first-order valence-corrected chi connectivity index (χ1v) is 7.71. The normalized spacial score (nSPS) is 10.3. The van der Waals surface area contributed by atoms with Gasteiger partial charge in [-0.05, 0) is 36.4 Å². The number of ether oxygens (including phenoxy) is 1. The molecule has 3 nitrogen and oxygen atoms in total. The average molecular weight is 370 g/mol. The Hall–Kier alpha value is -1.39.